The zero-order chi connectivity index (χ0) is 15.4. The maximum atomic E-state index is 11.9. The van der Waals surface area contributed by atoms with Crippen LogP contribution in [-0.4, -0.2) is 44.9 Å². The molecule has 110 valence electrons. The van der Waals surface area contributed by atoms with Crippen LogP contribution in [0.3, 0.4) is 0 Å². The maximum Gasteiger partial charge on any atom is 0.326 e. The van der Waals surface area contributed by atoms with Crippen LogP contribution in [-0.2, 0) is 16.0 Å². The van der Waals surface area contributed by atoms with Crippen LogP contribution >= 0.6 is 0 Å². The molecule has 0 spiro atoms. The predicted molar refractivity (Wildman–Crippen MR) is 72.5 cm³/mol. The van der Waals surface area contributed by atoms with Crippen molar-refractivity contribution in [1.82, 2.24) is 14.9 Å². The molecule has 0 saturated carbocycles. The minimum atomic E-state index is -1.06. The quantitative estimate of drug-likeness (QED) is 0.805. The lowest BCUT2D eigenvalue weighted by atomic mass is 10.1. The first kappa shape index (κ1) is 15.9. The topological polar surface area (TPSA) is 103 Å². The third kappa shape index (κ3) is 3.66. The highest BCUT2D eigenvalue weighted by Crippen LogP contribution is 2.06. The molecule has 7 nitrogen and oxygen atoms in total. The summed E-state index contributed by atoms with van der Waals surface area (Å²) in [7, 11) is 1.44. The van der Waals surface area contributed by atoms with Gasteiger partial charge in [0.2, 0.25) is 5.91 Å². The van der Waals surface area contributed by atoms with E-state index in [0.717, 1.165) is 4.90 Å². The van der Waals surface area contributed by atoms with E-state index in [4.69, 9.17) is 5.11 Å². The molecule has 0 aliphatic carbocycles. The summed E-state index contributed by atoms with van der Waals surface area (Å²) in [4.78, 5) is 42.4. The van der Waals surface area contributed by atoms with E-state index in [9.17, 15) is 14.4 Å². The van der Waals surface area contributed by atoms with Gasteiger partial charge >= 0.3 is 5.97 Å². The fraction of sp³-hybridized carbons (Fsp3) is 0.538. The highest BCUT2D eigenvalue weighted by molar-refractivity contribution is 5.83. The Morgan fingerprint density at radius 2 is 2.00 bits per heavy atom. The summed E-state index contributed by atoms with van der Waals surface area (Å²) in [6, 6.07) is -0.891. The van der Waals surface area contributed by atoms with E-state index in [1.54, 1.807) is 13.8 Å². The number of carbonyl (C=O) groups excluding carboxylic acids is 1. The number of carbonyl (C=O) groups is 2. The molecule has 0 aliphatic heterocycles. The Morgan fingerprint density at radius 3 is 2.50 bits per heavy atom. The molecule has 7 heteroatoms. The number of hydrogen-bond donors (Lipinski definition) is 2. The lowest BCUT2D eigenvalue weighted by Crippen LogP contribution is -2.40. The summed E-state index contributed by atoms with van der Waals surface area (Å²) in [6.07, 6.45) is 0.312. The molecule has 20 heavy (non-hydrogen) atoms. The number of rotatable bonds is 5. The van der Waals surface area contributed by atoms with Gasteiger partial charge in [0.05, 0.1) is 0 Å². The molecular weight excluding hydrogens is 262 g/mol. The number of aliphatic carboxylic acids is 1. The standard InChI is InChI=1S/C13H19N3O4/c1-7-10(12(18)15-9(3)14-7)5-6-11(17)16(4)8(2)13(19)20/h8H,5-6H2,1-4H3,(H,19,20)(H,14,15,18). The monoisotopic (exact) mass is 281 g/mol. The molecule has 0 saturated heterocycles. The Hall–Kier alpha value is -2.18. The Morgan fingerprint density at radius 1 is 1.40 bits per heavy atom. The number of likely N-dealkylation sites (N-methyl/N-ethyl adjacent to an activating group) is 1. The minimum absolute atomic E-state index is 0.0722. The van der Waals surface area contributed by atoms with E-state index >= 15 is 0 Å². The zero-order valence-corrected chi connectivity index (χ0v) is 12.1. The van der Waals surface area contributed by atoms with Crippen molar-refractivity contribution in [2.75, 3.05) is 7.05 Å². The first-order valence-corrected chi connectivity index (χ1v) is 6.29. The van der Waals surface area contributed by atoms with Gasteiger partial charge in [0.25, 0.3) is 5.56 Å². The third-order valence-corrected chi connectivity index (χ3v) is 3.26. The maximum absolute atomic E-state index is 11.9. The number of H-pyrrole nitrogens is 1. The van der Waals surface area contributed by atoms with Crippen molar-refractivity contribution < 1.29 is 14.7 Å². The average molecular weight is 281 g/mol. The number of nitrogens with zero attached hydrogens (tertiary/aromatic N) is 2. The molecule has 1 amide bonds. The molecule has 1 unspecified atom stereocenters. The molecule has 0 bridgehead atoms. The number of nitrogens with one attached hydrogen (secondary N) is 1. The van der Waals surface area contributed by atoms with Gasteiger partial charge in [-0.2, -0.15) is 0 Å². The zero-order valence-electron chi connectivity index (χ0n) is 12.1. The molecule has 1 aromatic heterocycles. The second-order valence-corrected chi connectivity index (χ2v) is 4.73. The van der Waals surface area contributed by atoms with Gasteiger partial charge in [0, 0.05) is 24.7 Å². The molecule has 1 aromatic rings. The normalized spacial score (nSPS) is 12.0. The van der Waals surface area contributed by atoms with Crippen LogP contribution in [0.2, 0.25) is 0 Å². The number of aryl methyl sites for hydroxylation is 2. The Kier molecular flexibility index (Phi) is 5.01. The summed E-state index contributed by atoms with van der Waals surface area (Å²) in [6.45, 7) is 4.84. The van der Waals surface area contributed by atoms with Crippen molar-refractivity contribution in [2.24, 2.45) is 0 Å². The summed E-state index contributed by atoms with van der Waals surface area (Å²) in [5, 5.41) is 8.85. The van der Waals surface area contributed by atoms with Gasteiger partial charge in [-0.25, -0.2) is 9.78 Å². The number of hydrogen-bond acceptors (Lipinski definition) is 4. The van der Waals surface area contributed by atoms with Gasteiger partial charge in [-0.3, -0.25) is 9.59 Å². The Balaban J connectivity index is 2.76. The van der Waals surface area contributed by atoms with Gasteiger partial charge in [-0.15, -0.1) is 0 Å². The molecule has 0 aromatic carbocycles. The Labute approximate surface area is 116 Å². The number of aromatic amines is 1. The van der Waals surface area contributed by atoms with E-state index in [1.165, 1.54) is 14.0 Å². The van der Waals surface area contributed by atoms with E-state index in [1.807, 2.05) is 0 Å². The summed E-state index contributed by atoms with van der Waals surface area (Å²) in [5.74, 6) is -0.856. The molecule has 2 N–H and O–H groups in total. The van der Waals surface area contributed by atoms with Crippen molar-refractivity contribution in [3.05, 3.63) is 27.4 Å². The number of amides is 1. The van der Waals surface area contributed by atoms with Crippen LogP contribution < -0.4 is 5.56 Å². The average Bonchev–Trinajstić information content (AvgIpc) is 2.35. The Bertz CT molecular complexity index is 579. The SMILES string of the molecule is Cc1nc(C)c(CCC(=O)N(C)C(C)C(=O)O)c(=O)[nH]1. The first-order valence-electron chi connectivity index (χ1n) is 6.29. The fourth-order valence-electron chi connectivity index (χ4n) is 1.84. The number of carboxylic acids is 1. The van der Waals surface area contributed by atoms with E-state index < -0.39 is 12.0 Å². The van der Waals surface area contributed by atoms with Gasteiger partial charge in [-0.1, -0.05) is 0 Å². The third-order valence-electron chi connectivity index (χ3n) is 3.26. The van der Waals surface area contributed by atoms with Crippen LogP contribution in [0.1, 0.15) is 30.4 Å². The van der Waals surface area contributed by atoms with Crippen LogP contribution in [0.5, 0.6) is 0 Å². The number of carboxylic acid groups (broad SMARTS) is 1. The predicted octanol–water partition coefficient (Wildman–Crippen LogP) is 0.251. The summed E-state index contributed by atoms with van der Waals surface area (Å²) in [5.41, 5.74) is 0.796. The molecule has 1 atom stereocenters. The first-order chi connectivity index (χ1) is 9.23. The van der Waals surface area contributed by atoms with Crippen molar-refractivity contribution >= 4 is 11.9 Å². The molecule has 0 aliphatic rings. The summed E-state index contributed by atoms with van der Waals surface area (Å²) >= 11 is 0. The van der Waals surface area contributed by atoms with E-state index in [2.05, 4.69) is 9.97 Å². The molecule has 0 fully saturated rings. The van der Waals surface area contributed by atoms with Gasteiger partial charge < -0.3 is 15.0 Å². The van der Waals surface area contributed by atoms with Crippen molar-refractivity contribution in [1.29, 1.82) is 0 Å². The molecule has 1 rings (SSSR count). The molecular formula is C13H19N3O4. The van der Waals surface area contributed by atoms with Crippen LogP contribution in [0.4, 0.5) is 0 Å². The van der Waals surface area contributed by atoms with E-state index in [-0.39, 0.29) is 24.3 Å². The minimum Gasteiger partial charge on any atom is -0.480 e. The largest absolute Gasteiger partial charge is 0.480 e. The van der Waals surface area contributed by atoms with Crippen molar-refractivity contribution in [2.45, 2.75) is 39.7 Å². The highest BCUT2D eigenvalue weighted by Gasteiger charge is 2.21. The molecule has 1 heterocycles. The van der Waals surface area contributed by atoms with Gasteiger partial charge in [0.1, 0.15) is 11.9 Å². The second kappa shape index (κ2) is 6.31. The smallest absolute Gasteiger partial charge is 0.326 e. The van der Waals surface area contributed by atoms with Gasteiger partial charge in [0.15, 0.2) is 0 Å². The van der Waals surface area contributed by atoms with Gasteiger partial charge in [-0.05, 0) is 27.2 Å². The number of aromatic nitrogens is 2. The molecule has 0 radical (unpaired) electrons. The van der Waals surface area contributed by atoms with E-state index in [0.29, 0.717) is 17.1 Å². The lowest BCUT2D eigenvalue weighted by molar-refractivity contribution is -0.148. The summed E-state index contributed by atoms with van der Waals surface area (Å²) < 4.78 is 0. The van der Waals surface area contributed by atoms with Crippen LogP contribution in [0.25, 0.3) is 0 Å². The van der Waals surface area contributed by atoms with Crippen molar-refractivity contribution in [3.8, 4) is 0 Å². The van der Waals surface area contributed by atoms with Crippen LogP contribution in [0, 0.1) is 13.8 Å². The second-order valence-electron chi connectivity index (χ2n) is 4.73. The van der Waals surface area contributed by atoms with Crippen LogP contribution in [0.15, 0.2) is 4.79 Å². The fourth-order valence-corrected chi connectivity index (χ4v) is 1.84. The lowest BCUT2D eigenvalue weighted by Gasteiger charge is -2.21. The highest BCUT2D eigenvalue weighted by atomic mass is 16.4. The van der Waals surface area contributed by atoms with Crippen molar-refractivity contribution in [3.63, 3.8) is 0 Å².